The van der Waals surface area contributed by atoms with Gasteiger partial charge in [0, 0.05) is 11.1 Å². The number of nitrogens with one attached hydrogen (secondary N) is 1. The van der Waals surface area contributed by atoms with Crippen LogP contribution in [0.3, 0.4) is 0 Å². The van der Waals surface area contributed by atoms with E-state index in [-0.39, 0.29) is 17.3 Å². The van der Waals surface area contributed by atoms with Gasteiger partial charge in [-0.15, -0.1) is 0 Å². The van der Waals surface area contributed by atoms with Crippen LogP contribution in [-0.4, -0.2) is 16.0 Å². The smallest absolute Gasteiger partial charge is 0.165 e. The van der Waals surface area contributed by atoms with Crippen molar-refractivity contribution in [3.63, 3.8) is 0 Å². The molecule has 2 aromatic rings. The second kappa shape index (κ2) is 4.41. The van der Waals surface area contributed by atoms with Crippen molar-refractivity contribution in [1.82, 2.24) is 0 Å². The monoisotopic (exact) mass is 242 g/mol. The average Bonchev–Trinajstić information content (AvgIpc) is 2.34. The Morgan fingerprint density at radius 3 is 2.28 bits per heavy atom. The van der Waals surface area contributed by atoms with Gasteiger partial charge in [-0.25, -0.2) is 0 Å². The summed E-state index contributed by atoms with van der Waals surface area (Å²) in [6.07, 6.45) is 0. The summed E-state index contributed by atoms with van der Waals surface area (Å²) in [5.74, 6) is -0.283. The zero-order chi connectivity index (χ0) is 13.3. The van der Waals surface area contributed by atoms with Gasteiger partial charge in [0.25, 0.3) is 0 Å². The van der Waals surface area contributed by atoms with E-state index >= 15 is 0 Å². The number of benzene rings is 2. The summed E-state index contributed by atoms with van der Waals surface area (Å²) in [6, 6.07) is 10.2. The molecule has 2 rings (SSSR count). The Balaban J connectivity index is 2.52. The zero-order valence-corrected chi connectivity index (χ0v) is 9.94. The quantitative estimate of drug-likeness (QED) is 0.370. The molecule has 0 atom stereocenters. The SMILES string of the molecule is Cc1cc(O)c(O)c(-c2ccc(C(=N)N)cc2)c1. The molecule has 0 saturated carbocycles. The van der Waals surface area contributed by atoms with Gasteiger partial charge in [0.05, 0.1) is 0 Å². The lowest BCUT2D eigenvalue weighted by molar-refractivity contribution is 0.405. The molecule has 18 heavy (non-hydrogen) atoms. The highest BCUT2D eigenvalue weighted by molar-refractivity contribution is 5.95. The molecule has 0 aliphatic carbocycles. The Morgan fingerprint density at radius 2 is 1.72 bits per heavy atom. The number of nitrogens with two attached hydrogens (primary N) is 1. The summed E-state index contributed by atoms with van der Waals surface area (Å²) in [7, 11) is 0. The predicted molar refractivity (Wildman–Crippen MR) is 71.0 cm³/mol. The fraction of sp³-hybridized carbons (Fsp3) is 0.0714. The van der Waals surface area contributed by atoms with Gasteiger partial charge in [-0.05, 0) is 30.2 Å². The fourth-order valence-electron chi connectivity index (χ4n) is 1.81. The van der Waals surface area contributed by atoms with E-state index in [0.29, 0.717) is 11.1 Å². The van der Waals surface area contributed by atoms with Gasteiger partial charge >= 0.3 is 0 Å². The number of hydrogen-bond donors (Lipinski definition) is 4. The molecule has 0 unspecified atom stereocenters. The van der Waals surface area contributed by atoms with E-state index in [9.17, 15) is 10.2 Å². The Kier molecular flexibility index (Phi) is 2.93. The molecule has 0 bridgehead atoms. The van der Waals surface area contributed by atoms with Crippen molar-refractivity contribution in [3.05, 3.63) is 47.5 Å². The number of hydrogen-bond acceptors (Lipinski definition) is 3. The number of aromatic hydroxyl groups is 2. The molecule has 0 aliphatic heterocycles. The van der Waals surface area contributed by atoms with Crippen LogP contribution in [0.2, 0.25) is 0 Å². The molecule has 0 radical (unpaired) electrons. The van der Waals surface area contributed by atoms with Gasteiger partial charge in [-0.1, -0.05) is 24.3 Å². The molecule has 4 heteroatoms. The summed E-state index contributed by atoms with van der Waals surface area (Å²) in [5, 5.41) is 26.7. The minimum atomic E-state index is -0.142. The van der Waals surface area contributed by atoms with Crippen molar-refractivity contribution < 1.29 is 10.2 Å². The number of phenolic OH excluding ortho intramolecular Hbond substituents is 2. The molecule has 0 aromatic heterocycles. The highest BCUT2D eigenvalue weighted by atomic mass is 16.3. The number of rotatable bonds is 2. The lowest BCUT2D eigenvalue weighted by Gasteiger charge is -2.09. The van der Waals surface area contributed by atoms with E-state index in [4.69, 9.17) is 11.1 Å². The Labute approximate surface area is 105 Å². The number of phenols is 2. The maximum Gasteiger partial charge on any atom is 0.165 e. The second-order valence-electron chi connectivity index (χ2n) is 4.17. The molecular formula is C14H14N2O2. The minimum Gasteiger partial charge on any atom is -0.504 e. The third kappa shape index (κ3) is 2.13. The van der Waals surface area contributed by atoms with Crippen molar-refractivity contribution in [2.75, 3.05) is 0 Å². The van der Waals surface area contributed by atoms with Crippen molar-refractivity contribution in [3.8, 4) is 22.6 Å². The van der Waals surface area contributed by atoms with E-state index in [1.165, 1.54) is 6.07 Å². The largest absolute Gasteiger partial charge is 0.504 e. The first-order chi connectivity index (χ1) is 8.49. The van der Waals surface area contributed by atoms with Crippen LogP contribution < -0.4 is 5.73 Å². The Morgan fingerprint density at radius 1 is 1.11 bits per heavy atom. The summed E-state index contributed by atoms with van der Waals surface area (Å²) < 4.78 is 0. The van der Waals surface area contributed by atoms with Crippen molar-refractivity contribution in [1.29, 1.82) is 5.41 Å². The molecule has 0 amide bonds. The maximum absolute atomic E-state index is 9.84. The fourth-order valence-corrected chi connectivity index (χ4v) is 1.81. The van der Waals surface area contributed by atoms with Crippen LogP contribution in [0.5, 0.6) is 11.5 Å². The van der Waals surface area contributed by atoms with E-state index in [2.05, 4.69) is 0 Å². The van der Waals surface area contributed by atoms with Gasteiger partial charge < -0.3 is 15.9 Å². The Hall–Kier alpha value is -2.49. The van der Waals surface area contributed by atoms with Crippen LogP contribution >= 0.6 is 0 Å². The normalized spacial score (nSPS) is 10.3. The lowest BCUT2D eigenvalue weighted by Crippen LogP contribution is -2.10. The second-order valence-corrected chi connectivity index (χ2v) is 4.17. The van der Waals surface area contributed by atoms with Gasteiger partial charge in [0.15, 0.2) is 11.5 Å². The number of nitrogen functional groups attached to an aromatic ring is 1. The van der Waals surface area contributed by atoms with Gasteiger partial charge in [0.1, 0.15) is 5.84 Å². The standard InChI is InChI=1S/C14H14N2O2/c1-8-6-11(13(18)12(17)7-8)9-2-4-10(5-3-9)14(15)16/h2-7,17-18H,1H3,(H3,15,16). The van der Waals surface area contributed by atoms with Crippen LogP contribution in [0, 0.1) is 12.3 Å². The average molecular weight is 242 g/mol. The van der Waals surface area contributed by atoms with E-state index in [0.717, 1.165) is 11.1 Å². The Bertz CT molecular complexity index is 604. The van der Waals surface area contributed by atoms with E-state index in [1.807, 2.05) is 6.92 Å². The third-order valence-corrected chi connectivity index (χ3v) is 2.74. The molecule has 92 valence electrons. The number of aryl methyl sites for hydroxylation is 1. The number of amidine groups is 1. The van der Waals surface area contributed by atoms with E-state index in [1.54, 1.807) is 30.3 Å². The topological polar surface area (TPSA) is 90.3 Å². The van der Waals surface area contributed by atoms with Crippen molar-refractivity contribution >= 4 is 5.84 Å². The first-order valence-electron chi connectivity index (χ1n) is 5.46. The van der Waals surface area contributed by atoms with Crippen molar-refractivity contribution in [2.45, 2.75) is 6.92 Å². The predicted octanol–water partition coefficient (Wildman–Crippen LogP) is 2.36. The molecule has 0 aliphatic rings. The molecule has 4 nitrogen and oxygen atoms in total. The van der Waals surface area contributed by atoms with Gasteiger partial charge in [-0.2, -0.15) is 0 Å². The van der Waals surface area contributed by atoms with E-state index < -0.39 is 0 Å². The summed E-state index contributed by atoms with van der Waals surface area (Å²) in [4.78, 5) is 0. The van der Waals surface area contributed by atoms with Gasteiger partial charge in [-0.3, -0.25) is 5.41 Å². The highest BCUT2D eigenvalue weighted by Gasteiger charge is 2.10. The zero-order valence-electron chi connectivity index (χ0n) is 9.94. The highest BCUT2D eigenvalue weighted by Crippen LogP contribution is 2.37. The van der Waals surface area contributed by atoms with Crippen LogP contribution in [0.25, 0.3) is 11.1 Å². The summed E-state index contributed by atoms with van der Waals surface area (Å²) >= 11 is 0. The lowest BCUT2D eigenvalue weighted by atomic mass is 10.0. The van der Waals surface area contributed by atoms with Gasteiger partial charge in [0.2, 0.25) is 0 Å². The molecule has 2 aromatic carbocycles. The maximum atomic E-state index is 9.84. The first kappa shape index (κ1) is 12.0. The summed E-state index contributed by atoms with van der Waals surface area (Å²) in [5.41, 5.74) is 8.17. The van der Waals surface area contributed by atoms with Crippen LogP contribution in [0.4, 0.5) is 0 Å². The minimum absolute atomic E-state index is 0.00198. The van der Waals surface area contributed by atoms with Crippen LogP contribution in [-0.2, 0) is 0 Å². The summed E-state index contributed by atoms with van der Waals surface area (Å²) in [6.45, 7) is 1.84. The first-order valence-corrected chi connectivity index (χ1v) is 5.46. The van der Waals surface area contributed by atoms with Crippen molar-refractivity contribution in [2.24, 2.45) is 5.73 Å². The molecular weight excluding hydrogens is 228 g/mol. The molecule has 0 spiro atoms. The molecule has 5 N–H and O–H groups in total. The molecule has 0 heterocycles. The van der Waals surface area contributed by atoms with Crippen LogP contribution in [0.1, 0.15) is 11.1 Å². The molecule has 0 saturated heterocycles. The third-order valence-electron chi connectivity index (χ3n) is 2.74. The van der Waals surface area contributed by atoms with Crippen LogP contribution in [0.15, 0.2) is 36.4 Å². The molecule has 0 fully saturated rings.